The first-order valence-corrected chi connectivity index (χ1v) is 8.39. The van der Waals surface area contributed by atoms with Crippen LogP contribution in [0.25, 0.3) is 5.65 Å². The Kier molecular flexibility index (Phi) is 4.91. The summed E-state index contributed by atoms with van der Waals surface area (Å²) in [7, 11) is 2.11. The van der Waals surface area contributed by atoms with E-state index in [9.17, 15) is 4.79 Å². The van der Waals surface area contributed by atoms with Crippen LogP contribution in [0.4, 0.5) is 0 Å². The van der Waals surface area contributed by atoms with Gasteiger partial charge in [0.25, 0.3) is 0 Å². The molecule has 1 aliphatic rings. The maximum Gasteiger partial charge on any atom is 0.223 e. The van der Waals surface area contributed by atoms with Crippen molar-refractivity contribution >= 4 is 11.6 Å². The minimum absolute atomic E-state index is 0.191. The summed E-state index contributed by atoms with van der Waals surface area (Å²) in [4.78, 5) is 18.8. The molecule has 0 aliphatic carbocycles. The number of nitrogens with one attached hydrogen (secondary N) is 1. The van der Waals surface area contributed by atoms with Crippen molar-refractivity contribution in [1.82, 2.24) is 24.8 Å². The number of aromatic nitrogens is 3. The number of rotatable bonds is 5. The highest BCUT2D eigenvalue weighted by Crippen LogP contribution is 2.15. The molecule has 0 bridgehead atoms. The number of hydrogen-bond donors (Lipinski definition) is 1. The second kappa shape index (κ2) is 7.08. The number of nitrogens with zero attached hydrogens (tertiary/aromatic N) is 4. The highest BCUT2D eigenvalue weighted by atomic mass is 16.1. The molecule has 0 radical (unpaired) electrons. The molecular weight excluding hydrogens is 290 g/mol. The average Bonchev–Trinajstić information content (AvgIpc) is 2.91. The van der Waals surface area contributed by atoms with Gasteiger partial charge in [-0.2, -0.15) is 5.10 Å². The zero-order chi connectivity index (χ0) is 16.2. The lowest BCUT2D eigenvalue weighted by Crippen LogP contribution is -2.39. The summed E-state index contributed by atoms with van der Waals surface area (Å²) in [5, 5.41) is 7.46. The number of amides is 1. The lowest BCUT2D eigenvalue weighted by atomic mass is 9.96. The van der Waals surface area contributed by atoms with Crippen molar-refractivity contribution < 1.29 is 4.79 Å². The Morgan fingerprint density at radius 3 is 2.96 bits per heavy atom. The number of carbonyl (C=O) groups excluding carboxylic acids is 1. The van der Waals surface area contributed by atoms with E-state index in [1.54, 1.807) is 0 Å². The van der Waals surface area contributed by atoms with Gasteiger partial charge in [0.05, 0.1) is 5.69 Å². The quantitative estimate of drug-likeness (QED) is 0.848. The predicted octanol–water partition coefficient (Wildman–Crippen LogP) is 1.43. The lowest BCUT2D eigenvalue weighted by molar-refractivity contribution is -0.126. The van der Waals surface area contributed by atoms with E-state index < -0.39 is 0 Å². The van der Waals surface area contributed by atoms with Gasteiger partial charge in [0.1, 0.15) is 0 Å². The van der Waals surface area contributed by atoms with Crippen molar-refractivity contribution in [2.24, 2.45) is 5.92 Å². The van der Waals surface area contributed by atoms with Gasteiger partial charge in [-0.15, -0.1) is 0 Å². The van der Waals surface area contributed by atoms with Crippen LogP contribution >= 0.6 is 0 Å². The number of carbonyl (C=O) groups is 1. The minimum atomic E-state index is 0.191. The summed E-state index contributed by atoms with van der Waals surface area (Å²) in [5.74, 6) is 0.408. The molecule has 6 nitrogen and oxygen atoms in total. The predicted molar refractivity (Wildman–Crippen MR) is 89.3 cm³/mol. The Balaban J connectivity index is 1.42. The van der Waals surface area contributed by atoms with E-state index in [0.717, 1.165) is 62.2 Å². The molecule has 1 N–H and O–H groups in total. The topological polar surface area (TPSA) is 62.5 Å². The van der Waals surface area contributed by atoms with Crippen LogP contribution in [0.1, 0.15) is 30.5 Å². The van der Waals surface area contributed by atoms with E-state index in [-0.39, 0.29) is 11.8 Å². The lowest BCUT2D eigenvalue weighted by Gasteiger charge is -2.28. The van der Waals surface area contributed by atoms with Crippen LogP contribution in [0.3, 0.4) is 0 Å². The number of likely N-dealkylation sites (tertiary alicyclic amines) is 1. The Labute approximate surface area is 136 Å². The molecule has 1 amide bonds. The molecule has 3 rings (SSSR count). The van der Waals surface area contributed by atoms with Crippen molar-refractivity contribution in [3.05, 3.63) is 29.7 Å². The van der Waals surface area contributed by atoms with Crippen LogP contribution < -0.4 is 5.32 Å². The standard InChI is InChI=1S/C17H25N5O/c1-13-10-16-19-11-14(12-22(16)20-13)4-3-7-18-17(23)15-5-8-21(2)9-6-15/h10-12,15H,3-9H2,1-2H3,(H,18,23). The molecule has 0 spiro atoms. The van der Waals surface area contributed by atoms with E-state index in [2.05, 4.69) is 27.3 Å². The van der Waals surface area contributed by atoms with Crippen molar-refractivity contribution in [3.63, 3.8) is 0 Å². The van der Waals surface area contributed by atoms with Gasteiger partial charge in [0.2, 0.25) is 5.91 Å². The molecule has 0 unspecified atom stereocenters. The normalized spacial score (nSPS) is 16.8. The second-order valence-electron chi connectivity index (χ2n) is 6.52. The average molecular weight is 315 g/mol. The van der Waals surface area contributed by atoms with Gasteiger partial charge in [-0.25, -0.2) is 9.50 Å². The largest absolute Gasteiger partial charge is 0.356 e. The molecule has 23 heavy (non-hydrogen) atoms. The fourth-order valence-electron chi connectivity index (χ4n) is 3.08. The number of hydrogen-bond acceptors (Lipinski definition) is 4. The fourth-order valence-corrected chi connectivity index (χ4v) is 3.08. The van der Waals surface area contributed by atoms with E-state index >= 15 is 0 Å². The highest BCUT2D eigenvalue weighted by Gasteiger charge is 2.22. The molecule has 1 aliphatic heterocycles. The van der Waals surface area contributed by atoms with Crippen LogP contribution in [0.5, 0.6) is 0 Å². The van der Waals surface area contributed by atoms with E-state index in [4.69, 9.17) is 0 Å². The maximum absolute atomic E-state index is 12.1. The molecule has 1 saturated heterocycles. The van der Waals surface area contributed by atoms with Crippen LogP contribution in [-0.2, 0) is 11.2 Å². The first-order valence-electron chi connectivity index (χ1n) is 8.39. The summed E-state index contributed by atoms with van der Waals surface area (Å²) in [6, 6.07) is 1.96. The molecule has 1 fully saturated rings. The molecular formula is C17H25N5O. The number of fused-ring (bicyclic) bond motifs is 1. The monoisotopic (exact) mass is 315 g/mol. The van der Waals surface area contributed by atoms with Gasteiger partial charge in [0.15, 0.2) is 5.65 Å². The van der Waals surface area contributed by atoms with Crippen molar-refractivity contribution in [3.8, 4) is 0 Å². The van der Waals surface area contributed by atoms with E-state index in [0.29, 0.717) is 0 Å². The van der Waals surface area contributed by atoms with Crippen molar-refractivity contribution in [2.75, 3.05) is 26.7 Å². The number of piperidine rings is 1. The minimum Gasteiger partial charge on any atom is -0.356 e. The van der Waals surface area contributed by atoms with Gasteiger partial charge in [-0.05, 0) is 58.3 Å². The third-order valence-corrected chi connectivity index (χ3v) is 4.52. The van der Waals surface area contributed by atoms with Gasteiger partial charge in [0, 0.05) is 30.9 Å². The summed E-state index contributed by atoms with van der Waals surface area (Å²) >= 11 is 0. The molecule has 2 aromatic heterocycles. The molecule has 0 atom stereocenters. The molecule has 0 aromatic carbocycles. The van der Waals surface area contributed by atoms with Crippen LogP contribution in [0.15, 0.2) is 18.5 Å². The second-order valence-corrected chi connectivity index (χ2v) is 6.52. The first-order chi connectivity index (χ1) is 11.1. The smallest absolute Gasteiger partial charge is 0.223 e. The zero-order valence-electron chi connectivity index (χ0n) is 14.0. The molecule has 124 valence electrons. The summed E-state index contributed by atoms with van der Waals surface area (Å²) in [6.07, 6.45) is 7.69. The van der Waals surface area contributed by atoms with Crippen molar-refractivity contribution in [2.45, 2.75) is 32.6 Å². The Morgan fingerprint density at radius 1 is 1.39 bits per heavy atom. The molecule has 2 aromatic rings. The maximum atomic E-state index is 12.1. The van der Waals surface area contributed by atoms with Crippen LogP contribution in [0.2, 0.25) is 0 Å². The molecule has 6 heteroatoms. The Hall–Kier alpha value is -1.95. The summed E-state index contributed by atoms with van der Waals surface area (Å²) in [5.41, 5.74) is 3.00. The van der Waals surface area contributed by atoms with E-state index in [1.807, 2.05) is 29.9 Å². The van der Waals surface area contributed by atoms with Gasteiger partial charge in [-0.1, -0.05) is 0 Å². The molecule has 0 saturated carbocycles. The van der Waals surface area contributed by atoms with E-state index in [1.165, 1.54) is 0 Å². The van der Waals surface area contributed by atoms with Crippen molar-refractivity contribution in [1.29, 1.82) is 0 Å². The first kappa shape index (κ1) is 15.9. The van der Waals surface area contributed by atoms with Gasteiger partial charge < -0.3 is 10.2 Å². The molecule has 3 heterocycles. The highest BCUT2D eigenvalue weighted by molar-refractivity contribution is 5.78. The Morgan fingerprint density at radius 2 is 2.17 bits per heavy atom. The summed E-state index contributed by atoms with van der Waals surface area (Å²) in [6.45, 7) is 4.73. The Bertz CT molecular complexity index is 673. The summed E-state index contributed by atoms with van der Waals surface area (Å²) < 4.78 is 1.82. The van der Waals surface area contributed by atoms with Gasteiger partial charge >= 0.3 is 0 Å². The third-order valence-electron chi connectivity index (χ3n) is 4.52. The van der Waals surface area contributed by atoms with Crippen LogP contribution in [0, 0.1) is 12.8 Å². The van der Waals surface area contributed by atoms with Gasteiger partial charge in [-0.3, -0.25) is 4.79 Å². The fraction of sp³-hybridized carbons (Fsp3) is 0.588. The third kappa shape index (κ3) is 4.07. The number of aryl methyl sites for hydroxylation is 2. The SMILES string of the molecule is Cc1cc2ncc(CCCNC(=O)C3CCN(C)CC3)cn2n1. The zero-order valence-corrected chi connectivity index (χ0v) is 14.0. The van der Waals surface area contributed by atoms with Crippen LogP contribution in [-0.4, -0.2) is 52.1 Å².